The van der Waals surface area contributed by atoms with Crippen LogP contribution in [-0.4, -0.2) is 5.78 Å². The molecule has 0 saturated heterocycles. The lowest BCUT2D eigenvalue weighted by Crippen LogP contribution is -2.09. The van der Waals surface area contributed by atoms with Gasteiger partial charge in [-0.2, -0.15) is 0 Å². The van der Waals surface area contributed by atoms with Gasteiger partial charge < -0.3 is 0 Å². The van der Waals surface area contributed by atoms with Crippen LogP contribution in [0.3, 0.4) is 0 Å². The van der Waals surface area contributed by atoms with E-state index in [9.17, 15) is 4.79 Å². The first-order valence-corrected chi connectivity index (χ1v) is 5.26. The zero-order valence-electron chi connectivity index (χ0n) is 9.97. The Balaban J connectivity index is 0.00000144. The van der Waals surface area contributed by atoms with E-state index < -0.39 is 0 Å². The summed E-state index contributed by atoms with van der Waals surface area (Å²) in [4.78, 5) is 12.1. The SMILES string of the molecule is [CH2]C(C(=O)c1ccccc1)c1ccccc1.[H]. The van der Waals surface area contributed by atoms with Crippen LogP contribution in [0.25, 0.3) is 0 Å². The molecule has 16 heavy (non-hydrogen) atoms. The second-order valence-corrected chi connectivity index (χ2v) is 3.69. The molecular formula is C15H14O. The summed E-state index contributed by atoms with van der Waals surface area (Å²) in [5.74, 6) is -0.268. The first-order chi connectivity index (χ1) is 7.79. The van der Waals surface area contributed by atoms with Crippen molar-refractivity contribution >= 4 is 5.78 Å². The monoisotopic (exact) mass is 210 g/mol. The topological polar surface area (TPSA) is 17.1 Å². The highest BCUT2D eigenvalue weighted by Crippen LogP contribution is 2.19. The quantitative estimate of drug-likeness (QED) is 0.707. The van der Waals surface area contributed by atoms with Crippen molar-refractivity contribution in [3.63, 3.8) is 0 Å². The first kappa shape index (κ1) is 10.6. The van der Waals surface area contributed by atoms with E-state index in [2.05, 4.69) is 6.92 Å². The lowest BCUT2D eigenvalue weighted by molar-refractivity contribution is 0.0975. The highest BCUT2D eigenvalue weighted by atomic mass is 16.1. The summed E-state index contributed by atoms with van der Waals surface area (Å²) < 4.78 is 0. The van der Waals surface area contributed by atoms with Gasteiger partial charge >= 0.3 is 0 Å². The molecule has 80 valence electrons. The fraction of sp³-hybridized carbons (Fsp3) is 0.0667. The molecule has 0 aliphatic rings. The van der Waals surface area contributed by atoms with E-state index in [-0.39, 0.29) is 13.1 Å². The smallest absolute Gasteiger partial charge is 0.170 e. The zero-order valence-corrected chi connectivity index (χ0v) is 8.97. The van der Waals surface area contributed by atoms with Gasteiger partial charge in [-0.1, -0.05) is 60.7 Å². The predicted octanol–water partition coefficient (Wildman–Crippen LogP) is 3.60. The zero-order chi connectivity index (χ0) is 11.4. The molecule has 0 spiro atoms. The molecule has 1 unspecified atom stereocenters. The molecule has 0 heterocycles. The number of benzene rings is 2. The highest BCUT2D eigenvalue weighted by Gasteiger charge is 2.16. The molecule has 0 aromatic heterocycles. The molecule has 0 fully saturated rings. The number of Topliss-reactive ketones (excluding diaryl/α,β-unsaturated/α-hetero) is 1. The highest BCUT2D eigenvalue weighted by molar-refractivity contribution is 6.01. The number of rotatable bonds is 3. The lowest BCUT2D eigenvalue weighted by atomic mass is 9.92. The van der Waals surface area contributed by atoms with E-state index in [4.69, 9.17) is 0 Å². The predicted molar refractivity (Wildman–Crippen MR) is 66.4 cm³/mol. The Bertz CT molecular complexity index is 465. The fourth-order valence-electron chi connectivity index (χ4n) is 1.64. The average molecular weight is 210 g/mol. The van der Waals surface area contributed by atoms with E-state index in [0.29, 0.717) is 5.56 Å². The van der Waals surface area contributed by atoms with Gasteiger partial charge in [0, 0.05) is 12.9 Å². The maximum atomic E-state index is 12.1. The molecule has 0 saturated carbocycles. The van der Waals surface area contributed by atoms with Crippen LogP contribution >= 0.6 is 0 Å². The van der Waals surface area contributed by atoms with Crippen LogP contribution in [0, 0.1) is 6.92 Å². The van der Waals surface area contributed by atoms with Crippen LogP contribution in [0.5, 0.6) is 0 Å². The standard InChI is InChI=1S/C15H13O.H/c1-12(13-8-4-2-5-9-13)15(16)14-10-6-3-7-11-14;/h2-12H,1H2;. The van der Waals surface area contributed by atoms with Crippen LogP contribution in [0.4, 0.5) is 0 Å². The number of carbonyl (C=O) groups excluding carboxylic acids is 1. The average Bonchev–Trinajstić information content (AvgIpc) is 2.39. The van der Waals surface area contributed by atoms with Gasteiger partial charge in [0.1, 0.15) is 0 Å². The Morgan fingerprint density at radius 3 is 2.00 bits per heavy atom. The number of carbonyl (C=O) groups is 1. The first-order valence-electron chi connectivity index (χ1n) is 5.26. The summed E-state index contributed by atoms with van der Waals surface area (Å²) in [6, 6.07) is 18.9. The Morgan fingerprint density at radius 2 is 1.44 bits per heavy atom. The molecule has 0 aliphatic heterocycles. The van der Waals surface area contributed by atoms with Gasteiger partial charge in [-0.15, -0.1) is 0 Å². The minimum atomic E-state index is -0.330. The lowest BCUT2D eigenvalue weighted by Gasteiger charge is -2.10. The molecule has 0 amide bonds. The van der Waals surface area contributed by atoms with Crippen LogP contribution in [0.15, 0.2) is 60.7 Å². The van der Waals surface area contributed by atoms with Crippen LogP contribution < -0.4 is 0 Å². The molecule has 0 aliphatic carbocycles. The van der Waals surface area contributed by atoms with Crippen molar-refractivity contribution in [2.75, 3.05) is 0 Å². The molecule has 1 nitrogen and oxygen atoms in total. The molecule has 0 bridgehead atoms. The third kappa shape index (κ3) is 2.19. The normalized spacial score (nSPS) is 12.1. The minimum Gasteiger partial charge on any atom is -0.293 e. The number of ketones is 1. The van der Waals surface area contributed by atoms with Gasteiger partial charge in [0.15, 0.2) is 5.78 Å². The van der Waals surface area contributed by atoms with E-state index in [1.165, 1.54) is 0 Å². The van der Waals surface area contributed by atoms with Crippen LogP contribution in [0.1, 0.15) is 23.3 Å². The molecule has 2 aromatic carbocycles. The molecule has 1 heteroatoms. The molecule has 2 radical (unpaired) electrons. The minimum absolute atomic E-state index is 0. The van der Waals surface area contributed by atoms with E-state index >= 15 is 0 Å². The van der Waals surface area contributed by atoms with Crippen molar-refractivity contribution in [2.24, 2.45) is 0 Å². The maximum Gasteiger partial charge on any atom is 0.170 e. The molecule has 2 aromatic rings. The third-order valence-electron chi connectivity index (χ3n) is 2.58. The van der Waals surface area contributed by atoms with Crippen molar-refractivity contribution in [1.82, 2.24) is 0 Å². The van der Waals surface area contributed by atoms with Gasteiger partial charge in [0.2, 0.25) is 0 Å². The van der Waals surface area contributed by atoms with Gasteiger partial charge in [0.05, 0.1) is 0 Å². The largest absolute Gasteiger partial charge is 0.293 e. The molecule has 0 N–H and O–H groups in total. The Kier molecular flexibility index (Phi) is 3.16. The Morgan fingerprint density at radius 1 is 0.938 bits per heavy atom. The summed E-state index contributed by atoms with van der Waals surface area (Å²) in [5.41, 5.74) is 1.67. The Labute approximate surface area is 97.2 Å². The van der Waals surface area contributed by atoms with Crippen molar-refractivity contribution in [1.29, 1.82) is 0 Å². The summed E-state index contributed by atoms with van der Waals surface area (Å²) in [6.07, 6.45) is 0. The summed E-state index contributed by atoms with van der Waals surface area (Å²) in [6.45, 7) is 3.94. The van der Waals surface area contributed by atoms with Crippen LogP contribution in [-0.2, 0) is 0 Å². The van der Waals surface area contributed by atoms with E-state index in [1.54, 1.807) is 0 Å². The second kappa shape index (κ2) is 4.75. The van der Waals surface area contributed by atoms with Crippen LogP contribution in [0.2, 0.25) is 0 Å². The number of hydrogen-bond donors (Lipinski definition) is 0. The van der Waals surface area contributed by atoms with Gasteiger partial charge in [-0.3, -0.25) is 4.79 Å². The van der Waals surface area contributed by atoms with E-state index in [0.717, 1.165) is 5.56 Å². The van der Waals surface area contributed by atoms with Crippen molar-refractivity contribution < 1.29 is 6.22 Å². The van der Waals surface area contributed by atoms with Crippen molar-refractivity contribution in [2.45, 2.75) is 5.92 Å². The van der Waals surface area contributed by atoms with Gasteiger partial charge in [0.25, 0.3) is 0 Å². The second-order valence-electron chi connectivity index (χ2n) is 3.69. The fourth-order valence-corrected chi connectivity index (χ4v) is 1.64. The van der Waals surface area contributed by atoms with Crippen molar-refractivity contribution in [3.05, 3.63) is 78.7 Å². The van der Waals surface area contributed by atoms with Gasteiger partial charge in [-0.25, -0.2) is 0 Å². The summed E-state index contributed by atoms with van der Waals surface area (Å²) in [7, 11) is 0. The molecule has 2 rings (SSSR count). The number of hydrogen-bond acceptors (Lipinski definition) is 1. The summed E-state index contributed by atoms with van der Waals surface area (Å²) in [5, 5.41) is 0. The van der Waals surface area contributed by atoms with Crippen molar-refractivity contribution in [3.8, 4) is 0 Å². The summed E-state index contributed by atoms with van der Waals surface area (Å²) >= 11 is 0. The molecular weight excluding hydrogens is 196 g/mol. The van der Waals surface area contributed by atoms with E-state index in [1.807, 2.05) is 60.7 Å². The molecule has 1 atom stereocenters. The maximum absolute atomic E-state index is 12.1. The third-order valence-corrected chi connectivity index (χ3v) is 2.58. The Hall–Kier alpha value is -1.89. The van der Waals surface area contributed by atoms with Gasteiger partial charge in [-0.05, 0) is 12.5 Å².